The summed E-state index contributed by atoms with van der Waals surface area (Å²) >= 11 is 3.48. The third-order valence-corrected chi connectivity index (χ3v) is 11.3. The molecule has 1 aliphatic rings. The molecule has 11 heteroatoms. The second-order valence-electron chi connectivity index (χ2n) is 12.6. The summed E-state index contributed by atoms with van der Waals surface area (Å²) in [5, 5.41) is 3.24. The van der Waals surface area contributed by atoms with E-state index in [0.717, 1.165) is 57.6 Å². The van der Waals surface area contributed by atoms with Crippen molar-refractivity contribution in [1.82, 2.24) is 10.2 Å². The molecule has 0 saturated heterocycles. The zero-order valence-electron chi connectivity index (χ0n) is 28.7. The predicted molar refractivity (Wildman–Crippen MR) is 199 cm³/mol. The molecular formula is C39H44BrN3O6S. The summed E-state index contributed by atoms with van der Waals surface area (Å²) in [5.41, 5.74) is 2.93. The Morgan fingerprint density at radius 2 is 1.50 bits per heavy atom. The highest BCUT2D eigenvalue weighted by Crippen LogP contribution is 2.33. The van der Waals surface area contributed by atoms with Gasteiger partial charge in [-0.05, 0) is 67.3 Å². The molecule has 0 bridgehead atoms. The molecule has 0 unspecified atom stereocenters. The van der Waals surface area contributed by atoms with E-state index in [1.807, 2.05) is 61.5 Å². The summed E-state index contributed by atoms with van der Waals surface area (Å²) in [6.45, 7) is 1.46. The van der Waals surface area contributed by atoms with E-state index in [-0.39, 0.29) is 35.6 Å². The summed E-state index contributed by atoms with van der Waals surface area (Å²) in [6, 6.07) is 27.5. The fourth-order valence-electron chi connectivity index (χ4n) is 6.23. The molecule has 9 nitrogen and oxygen atoms in total. The first-order chi connectivity index (χ1) is 24.1. The van der Waals surface area contributed by atoms with E-state index in [4.69, 9.17) is 9.47 Å². The number of hydrogen-bond donors (Lipinski definition) is 1. The lowest BCUT2D eigenvalue weighted by Gasteiger charge is -2.35. The van der Waals surface area contributed by atoms with Crippen molar-refractivity contribution in [2.24, 2.45) is 0 Å². The van der Waals surface area contributed by atoms with Crippen molar-refractivity contribution < 1.29 is 27.5 Å². The number of aryl methyl sites for hydroxylation is 1. The Morgan fingerprint density at radius 1 is 0.840 bits per heavy atom. The Bertz CT molecular complexity index is 1850. The average Bonchev–Trinajstić information content (AvgIpc) is 3.13. The molecule has 0 radical (unpaired) electrons. The number of methoxy groups -OCH3 is 2. The van der Waals surface area contributed by atoms with Crippen LogP contribution in [0.15, 0.2) is 106 Å². The van der Waals surface area contributed by atoms with Crippen LogP contribution in [-0.4, -0.2) is 58.0 Å². The largest absolute Gasteiger partial charge is 0.493 e. The van der Waals surface area contributed by atoms with Crippen LogP contribution in [0.3, 0.4) is 0 Å². The summed E-state index contributed by atoms with van der Waals surface area (Å²) in [4.78, 5) is 30.5. The Morgan fingerprint density at radius 3 is 2.14 bits per heavy atom. The van der Waals surface area contributed by atoms with Crippen molar-refractivity contribution in [3.05, 3.63) is 118 Å². The molecule has 0 spiro atoms. The van der Waals surface area contributed by atoms with Crippen LogP contribution in [0.2, 0.25) is 0 Å². The van der Waals surface area contributed by atoms with Crippen molar-refractivity contribution in [3.8, 4) is 11.5 Å². The van der Waals surface area contributed by atoms with E-state index in [1.54, 1.807) is 24.3 Å². The van der Waals surface area contributed by atoms with E-state index >= 15 is 0 Å². The van der Waals surface area contributed by atoms with Gasteiger partial charge in [-0.1, -0.05) is 95.4 Å². The SMILES string of the molecule is COc1ccc(S(=O)(=O)N(CC(=O)N(Cc2ccc(Br)cc2)[C@H](Cc2ccccc2)C(=O)NC2CCCCC2)c2ccc(C)cc2)cc1OC. The van der Waals surface area contributed by atoms with Gasteiger partial charge in [0.05, 0.1) is 24.8 Å². The van der Waals surface area contributed by atoms with Gasteiger partial charge in [0, 0.05) is 29.5 Å². The Hall–Kier alpha value is -4.35. The maximum Gasteiger partial charge on any atom is 0.264 e. The molecule has 0 heterocycles. The molecule has 2 amide bonds. The fraction of sp³-hybridized carbons (Fsp3) is 0.333. The van der Waals surface area contributed by atoms with E-state index in [0.29, 0.717) is 11.4 Å². The topological polar surface area (TPSA) is 105 Å². The number of hydrogen-bond acceptors (Lipinski definition) is 6. The van der Waals surface area contributed by atoms with Gasteiger partial charge < -0.3 is 19.7 Å². The maximum absolute atomic E-state index is 14.8. The number of nitrogens with one attached hydrogen (secondary N) is 1. The average molecular weight is 763 g/mol. The second kappa shape index (κ2) is 17.0. The van der Waals surface area contributed by atoms with Crippen LogP contribution in [-0.2, 0) is 32.6 Å². The van der Waals surface area contributed by atoms with Gasteiger partial charge in [-0.2, -0.15) is 0 Å². The van der Waals surface area contributed by atoms with Gasteiger partial charge in [-0.25, -0.2) is 8.42 Å². The molecule has 0 aromatic heterocycles. The first-order valence-corrected chi connectivity index (χ1v) is 19.0. The maximum atomic E-state index is 14.8. The molecule has 5 rings (SSSR count). The van der Waals surface area contributed by atoms with E-state index < -0.39 is 28.5 Å². The number of ether oxygens (including phenoxy) is 2. The van der Waals surface area contributed by atoms with Crippen molar-refractivity contribution in [1.29, 1.82) is 0 Å². The number of anilines is 1. The van der Waals surface area contributed by atoms with E-state index in [9.17, 15) is 18.0 Å². The van der Waals surface area contributed by atoms with Crippen LogP contribution in [0, 0.1) is 6.92 Å². The lowest BCUT2D eigenvalue weighted by atomic mass is 9.94. The number of sulfonamides is 1. The van der Waals surface area contributed by atoms with Gasteiger partial charge >= 0.3 is 0 Å². The highest BCUT2D eigenvalue weighted by molar-refractivity contribution is 9.10. The number of carbonyl (C=O) groups excluding carboxylic acids is 2. The number of carbonyl (C=O) groups is 2. The zero-order chi connectivity index (χ0) is 35.7. The van der Waals surface area contributed by atoms with Crippen molar-refractivity contribution in [2.75, 3.05) is 25.1 Å². The lowest BCUT2D eigenvalue weighted by Crippen LogP contribution is -2.55. The molecule has 1 saturated carbocycles. The highest BCUT2D eigenvalue weighted by atomic mass is 79.9. The lowest BCUT2D eigenvalue weighted by molar-refractivity contribution is -0.140. The van der Waals surface area contributed by atoms with Gasteiger partial charge in [0.15, 0.2) is 11.5 Å². The van der Waals surface area contributed by atoms with Crippen LogP contribution < -0.4 is 19.1 Å². The first kappa shape index (κ1) is 36.9. The quantitative estimate of drug-likeness (QED) is 0.148. The molecule has 1 N–H and O–H groups in total. The van der Waals surface area contributed by atoms with Gasteiger partial charge in [-0.3, -0.25) is 13.9 Å². The minimum atomic E-state index is -4.32. The molecule has 1 fully saturated rings. The highest BCUT2D eigenvalue weighted by Gasteiger charge is 2.35. The minimum absolute atomic E-state index is 0.0219. The second-order valence-corrected chi connectivity index (χ2v) is 15.3. The van der Waals surface area contributed by atoms with Gasteiger partial charge in [0.25, 0.3) is 10.0 Å². The van der Waals surface area contributed by atoms with Gasteiger partial charge in [-0.15, -0.1) is 0 Å². The molecule has 1 aliphatic carbocycles. The Kier molecular flexibility index (Phi) is 12.6. The van der Waals surface area contributed by atoms with Crippen LogP contribution in [0.5, 0.6) is 11.5 Å². The standard InChI is InChI=1S/C39H44BrN3O6S/c1-28-14-20-33(21-15-28)43(50(46,47)34-22-23-36(48-2)37(25-34)49-3)27-38(44)42(26-30-16-18-31(40)19-17-30)35(24-29-10-6-4-7-11-29)39(45)41-32-12-8-5-9-13-32/h4,6-7,10-11,14-23,25,32,35H,5,8-9,12-13,24,26-27H2,1-3H3,(H,41,45)/t35-/m1/s1. The molecule has 50 heavy (non-hydrogen) atoms. The monoisotopic (exact) mass is 761 g/mol. The van der Waals surface area contributed by atoms with Crippen molar-refractivity contribution >= 4 is 43.5 Å². The number of amides is 2. The normalized spacial score (nSPS) is 14.0. The molecule has 1 atom stereocenters. The van der Waals surface area contributed by atoms with Crippen LogP contribution in [0.4, 0.5) is 5.69 Å². The third-order valence-electron chi connectivity index (χ3n) is 9.03. The third kappa shape index (κ3) is 9.25. The van der Waals surface area contributed by atoms with E-state index in [1.165, 1.54) is 37.3 Å². The predicted octanol–water partition coefficient (Wildman–Crippen LogP) is 7.06. The molecule has 4 aromatic carbocycles. The molecular weight excluding hydrogens is 718 g/mol. The number of rotatable bonds is 14. The fourth-order valence-corrected chi connectivity index (χ4v) is 7.92. The number of benzene rings is 4. The smallest absolute Gasteiger partial charge is 0.264 e. The number of nitrogens with zero attached hydrogens (tertiary/aromatic N) is 2. The van der Waals surface area contributed by atoms with E-state index in [2.05, 4.69) is 21.2 Å². The molecule has 4 aromatic rings. The summed E-state index contributed by atoms with van der Waals surface area (Å²) in [6.07, 6.45) is 5.24. The zero-order valence-corrected chi connectivity index (χ0v) is 31.1. The summed E-state index contributed by atoms with van der Waals surface area (Å²) in [7, 11) is -1.41. The van der Waals surface area contributed by atoms with Gasteiger partial charge in [0.1, 0.15) is 12.6 Å². The minimum Gasteiger partial charge on any atom is -0.493 e. The van der Waals surface area contributed by atoms with Crippen LogP contribution in [0.1, 0.15) is 48.8 Å². The summed E-state index contributed by atoms with van der Waals surface area (Å²) < 4.78 is 41.7. The van der Waals surface area contributed by atoms with Gasteiger partial charge in [0.2, 0.25) is 11.8 Å². The molecule has 0 aliphatic heterocycles. The first-order valence-electron chi connectivity index (χ1n) is 16.8. The van der Waals surface area contributed by atoms with Crippen LogP contribution >= 0.6 is 15.9 Å². The number of halogens is 1. The Labute approximate surface area is 303 Å². The molecule has 264 valence electrons. The van der Waals surface area contributed by atoms with Crippen molar-refractivity contribution in [2.45, 2.75) is 69.0 Å². The van der Waals surface area contributed by atoms with Crippen LogP contribution in [0.25, 0.3) is 0 Å². The Balaban J connectivity index is 1.57. The van der Waals surface area contributed by atoms with Crippen molar-refractivity contribution in [3.63, 3.8) is 0 Å². The summed E-state index contributed by atoms with van der Waals surface area (Å²) in [5.74, 6) is -0.158.